The minimum absolute atomic E-state index is 0.0134. The molecule has 0 heterocycles. The van der Waals surface area contributed by atoms with Crippen molar-refractivity contribution in [1.29, 1.82) is 0 Å². The summed E-state index contributed by atoms with van der Waals surface area (Å²) in [6, 6.07) is 10.7. The molecule has 0 aliphatic heterocycles. The number of nitrogens with one attached hydrogen (secondary N) is 1. The van der Waals surface area contributed by atoms with Gasteiger partial charge in [-0.25, -0.2) is 5.43 Å². The molecule has 0 atom stereocenters. The van der Waals surface area contributed by atoms with E-state index in [0.29, 0.717) is 23.5 Å². The minimum atomic E-state index is -0.530. The van der Waals surface area contributed by atoms with Crippen molar-refractivity contribution < 1.29 is 19.6 Å². The van der Waals surface area contributed by atoms with Gasteiger partial charge in [0, 0.05) is 11.6 Å². The normalized spacial score (nSPS) is 10.6. The second-order valence-electron chi connectivity index (χ2n) is 5.02. The van der Waals surface area contributed by atoms with Crippen molar-refractivity contribution in [2.45, 2.75) is 13.3 Å². The van der Waals surface area contributed by atoms with Gasteiger partial charge in [0.1, 0.15) is 0 Å². The van der Waals surface area contributed by atoms with Crippen LogP contribution < -0.4 is 10.2 Å². The highest BCUT2D eigenvalue weighted by molar-refractivity contribution is 5.84. The number of carbonyl (C=O) groups excluding carboxylic acids is 1. The average Bonchev–Trinajstić information content (AvgIpc) is 2.58. The molecular formula is C17H17N3O5. The molecular weight excluding hydrogens is 326 g/mol. The van der Waals surface area contributed by atoms with E-state index >= 15 is 0 Å². The smallest absolute Gasteiger partial charge is 0.273 e. The largest absolute Gasteiger partial charge is 0.504 e. The highest BCUT2D eigenvalue weighted by atomic mass is 16.6. The Morgan fingerprint density at radius 3 is 2.84 bits per heavy atom. The first-order valence-electron chi connectivity index (χ1n) is 7.51. The predicted octanol–water partition coefficient (Wildman–Crippen LogP) is 2.39. The molecule has 0 unspecified atom stereocenters. The van der Waals surface area contributed by atoms with E-state index in [-0.39, 0.29) is 17.9 Å². The molecule has 0 fully saturated rings. The first-order valence-corrected chi connectivity index (χ1v) is 7.51. The number of nitro benzene ring substituents is 1. The molecule has 8 nitrogen and oxygen atoms in total. The summed E-state index contributed by atoms with van der Waals surface area (Å²) in [5.41, 5.74) is 3.13. The van der Waals surface area contributed by atoms with Crippen LogP contribution in [0.4, 0.5) is 5.69 Å². The molecule has 0 saturated carbocycles. The minimum Gasteiger partial charge on any atom is -0.504 e. The Hall–Kier alpha value is -3.42. The van der Waals surface area contributed by atoms with Crippen molar-refractivity contribution in [2.24, 2.45) is 5.10 Å². The van der Waals surface area contributed by atoms with E-state index in [9.17, 15) is 20.0 Å². The van der Waals surface area contributed by atoms with Crippen LogP contribution in [-0.2, 0) is 11.2 Å². The predicted molar refractivity (Wildman–Crippen MR) is 91.8 cm³/mol. The summed E-state index contributed by atoms with van der Waals surface area (Å²) in [6.07, 6.45) is 1.23. The van der Waals surface area contributed by atoms with Crippen LogP contribution in [0.5, 0.6) is 11.5 Å². The Morgan fingerprint density at radius 1 is 1.36 bits per heavy atom. The first kappa shape index (κ1) is 17.9. The fourth-order valence-corrected chi connectivity index (χ4v) is 2.11. The maximum absolute atomic E-state index is 11.9. The molecule has 0 saturated heterocycles. The molecule has 2 aromatic rings. The number of hydrogen-bond acceptors (Lipinski definition) is 6. The van der Waals surface area contributed by atoms with Gasteiger partial charge in [-0.1, -0.05) is 18.2 Å². The molecule has 0 aliphatic carbocycles. The highest BCUT2D eigenvalue weighted by Crippen LogP contribution is 2.26. The van der Waals surface area contributed by atoms with E-state index in [1.54, 1.807) is 31.2 Å². The number of rotatable bonds is 7. The molecule has 0 bridgehead atoms. The number of phenols is 1. The number of phenolic OH excluding ortho intramolecular Hbond substituents is 1. The number of hydrazone groups is 1. The van der Waals surface area contributed by atoms with Crippen molar-refractivity contribution >= 4 is 17.8 Å². The maximum Gasteiger partial charge on any atom is 0.273 e. The number of nitrogens with zero attached hydrogens (tertiary/aromatic N) is 2. The van der Waals surface area contributed by atoms with Crippen molar-refractivity contribution in [3.05, 3.63) is 63.7 Å². The summed E-state index contributed by atoms with van der Waals surface area (Å²) >= 11 is 0. The van der Waals surface area contributed by atoms with E-state index in [2.05, 4.69) is 10.5 Å². The Kier molecular flexibility index (Phi) is 6.05. The van der Waals surface area contributed by atoms with E-state index in [0.717, 1.165) is 0 Å². The zero-order valence-electron chi connectivity index (χ0n) is 13.5. The van der Waals surface area contributed by atoms with E-state index in [1.807, 2.05) is 0 Å². The lowest BCUT2D eigenvalue weighted by Crippen LogP contribution is -2.20. The van der Waals surface area contributed by atoms with E-state index in [4.69, 9.17) is 4.74 Å². The summed E-state index contributed by atoms with van der Waals surface area (Å²) in [5, 5.41) is 24.4. The lowest BCUT2D eigenvalue weighted by Gasteiger charge is -2.06. The van der Waals surface area contributed by atoms with Crippen LogP contribution in [0, 0.1) is 10.1 Å². The summed E-state index contributed by atoms with van der Waals surface area (Å²) in [5.74, 6) is -0.147. The number of benzene rings is 2. The Morgan fingerprint density at radius 2 is 2.12 bits per heavy atom. The monoisotopic (exact) mass is 343 g/mol. The topological polar surface area (TPSA) is 114 Å². The molecule has 0 radical (unpaired) electrons. The van der Waals surface area contributed by atoms with Crippen molar-refractivity contribution in [1.82, 2.24) is 5.43 Å². The first-order chi connectivity index (χ1) is 12.0. The van der Waals surface area contributed by atoms with Gasteiger partial charge in [-0.15, -0.1) is 0 Å². The lowest BCUT2D eigenvalue weighted by molar-refractivity contribution is -0.385. The van der Waals surface area contributed by atoms with E-state index in [1.165, 1.54) is 24.4 Å². The summed E-state index contributed by atoms with van der Waals surface area (Å²) in [6.45, 7) is 2.20. The lowest BCUT2D eigenvalue weighted by atomic mass is 10.1. The number of ether oxygens (including phenoxy) is 1. The molecule has 1 amide bonds. The van der Waals surface area contributed by atoms with Crippen LogP contribution in [-0.4, -0.2) is 28.8 Å². The summed E-state index contributed by atoms with van der Waals surface area (Å²) in [7, 11) is 0. The molecule has 0 spiro atoms. The zero-order valence-corrected chi connectivity index (χ0v) is 13.5. The standard InChI is InChI=1S/C17H17N3O5/c1-2-25-16-9-12(7-8-15(16)21)11-18-19-17(22)10-13-5-3-4-6-14(13)20(23)24/h3-9,11,21H,2,10H2,1H3,(H,19,22). The average molecular weight is 343 g/mol. The second kappa shape index (κ2) is 8.44. The fraction of sp³-hybridized carbons (Fsp3) is 0.176. The molecule has 2 N–H and O–H groups in total. The van der Waals surface area contributed by atoms with Crippen LogP contribution in [0.2, 0.25) is 0 Å². The van der Waals surface area contributed by atoms with Gasteiger partial charge in [0.25, 0.3) is 5.69 Å². The Bertz CT molecular complexity index is 805. The highest BCUT2D eigenvalue weighted by Gasteiger charge is 2.15. The third-order valence-corrected chi connectivity index (χ3v) is 3.23. The van der Waals surface area contributed by atoms with Crippen LogP contribution in [0.25, 0.3) is 0 Å². The second-order valence-corrected chi connectivity index (χ2v) is 5.02. The van der Waals surface area contributed by atoms with Gasteiger partial charge in [0.2, 0.25) is 5.91 Å². The van der Waals surface area contributed by atoms with Gasteiger partial charge in [-0.05, 0) is 30.7 Å². The molecule has 2 rings (SSSR count). The van der Waals surface area contributed by atoms with Crippen molar-refractivity contribution in [2.75, 3.05) is 6.61 Å². The Balaban J connectivity index is 1.99. The summed E-state index contributed by atoms with van der Waals surface area (Å²) in [4.78, 5) is 22.3. The fourth-order valence-electron chi connectivity index (χ4n) is 2.11. The van der Waals surface area contributed by atoms with Gasteiger partial charge in [-0.2, -0.15) is 5.10 Å². The third kappa shape index (κ3) is 5.03. The molecule has 8 heteroatoms. The van der Waals surface area contributed by atoms with Crippen molar-refractivity contribution in [3.63, 3.8) is 0 Å². The van der Waals surface area contributed by atoms with Gasteiger partial charge in [0.15, 0.2) is 11.5 Å². The van der Waals surface area contributed by atoms with Gasteiger partial charge < -0.3 is 9.84 Å². The third-order valence-electron chi connectivity index (χ3n) is 3.23. The number of aromatic hydroxyl groups is 1. The van der Waals surface area contributed by atoms with E-state index < -0.39 is 10.8 Å². The maximum atomic E-state index is 11.9. The number of carbonyl (C=O) groups is 1. The van der Waals surface area contributed by atoms with Gasteiger partial charge in [-0.3, -0.25) is 14.9 Å². The quantitative estimate of drug-likeness (QED) is 0.455. The number of para-hydroxylation sites is 1. The molecule has 25 heavy (non-hydrogen) atoms. The number of hydrogen-bond donors (Lipinski definition) is 2. The SMILES string of the molecule is CCOc1cc(C=NNC(=O)Cc2ccccc2[N+](=O)[O-])ccc1O. The molecule has 0 aromatic heterocycles. The Labute approximate surface area is 143 Å². The number of nitro groups is 1. The van der Waals surface area contributed by atoms with Crippen LogP contribution in [0.3, 0.4) is 0 Å². The molecule has 130 valence electrons. The zero-order chi connectivity index (χ0) is 18.2. The molecule has 2 aromatic carbocycles. The molecule has 0 aliphatic rings. The van der Waals surface area contributed by atoms with Crippen LogP contribution >= 0.6 is 0 Å². The summed E-state index contributed by atoms with van der Waals surface area (Å²) < 4.78 is 5.26. The van der Waals surface area contributed by atoms with Crippen LogP contribution in [0.1, 0.15) is 18.1 Å². The van der Waals surface area contributed by atoms with Gasteiger partial charge >= 0.3 is 0 Å². The number of amides is 1. The van der Waals surface area contributed by atoms with Crippen molar-refractivity contribution in [3.8, 4) is 11.5 Å². The van der Waals surface area contributed by atoms with Gasteiger partial charge in [0.05, 0.1) is 24.2 Å². The van der Waals surface area contributed by atoms with Crippen LogP contribution in [0.15, 0.2) is 47.6 Å².